The van der Waals surface area contributed by atoms with Gasteiger partial charge in [-0.1, -0.05) is 18.2 Å². The normalized spacial score (nSPS) is 11.3. The first-order chi connectivity index (χ1) is 9.31. The van der Waals surface area contributed by atoms with Gasteiger partial charge in [0.2, 0.25) is 0 Å². The maximum atomic E-state index is 5.60. The number of nitrogens with zero attached hydrogens (tertiary/aromatic N) is 4. The fraction of sp³-hybridized carbons (Fsp3) is 0.286. The topological polar surface area (TPSA) is 61.7 Å². The predicted molar refractivity (Wildman–Crippen MR) is 74.6 cm³/mol. The van der Waals surface area contributed by atoms with E-state index in [0.29, 0.717) is 13.1 Å². The summed E-state index contributed by atoms with van der Waals surface area (Å²) >= 11 is 0. The molecule has 0 radical (unpaired) electrons. The Bertz CT molecular complexity index is 695. The van der Waals surface area contributed by atoms with Crippen molar-refractivity contribution in [3.8, 4) is 0 Å². The molecule has 5 heteroatoms. The van der Waals surface area contributed by atoms with Crippen molar-refractivity contribution in [1.82, 2.24) is 19.6 Å². The molecule has 0 saturated heterocycles. The average molecular weight is 255 g/mol. The number of aromatic nitrogens is 4. The van der Waals surface area contributed by atoms with Crippen LogP contribution in [0.25, 0.3) is 10.9 Å². The van der Waals surface area contributed by atoms with Crippen LogP contribution in [0.5, 0.6) is 0 Å². The Balaban J connectivity index is 2.00. The van der Waals surface area contributed by atoms with E-state index >= 15 is 0 Å². The maximum absolute atomic E-state index is 5.60. The highest BCUT2D eigenvalue weighted by molar-refractivity contribution is 5.81. The molecule has 5 nitrogen and oxygen atoms in total. The van der Waals surface area contributed by atoms with E-state index in [2.05, 4.69) is 29.3 Å². The highest BCUT2D eigenvalue weighted by Gasteiger charge is 2.09. The molecule has 0 bridgehead atoms. The highest BCUT2D eigenvalue weighted by atomic mass is 15.3. The molecule has 3 rings (SSSR count). The highest BCUT2D eigenvalue weighted by Crippen LogP contribution is 2.19. The Hall–Kier alpha value is -2.14. The molecule has 19 heavy (non-hydrogen) atoms. The fourth-order valence-electron chi connectivity index (χ4n) is 2.31. The van der Waals surface area contributed by atoms with Crippen molar-refractivity contribution >= 4 is 10.9 Å². The van der Waals surface area contributed by atoms with E-state index in [0.717, 1.165) is 17.8 Å². The quantitative estimate of drug-likeness (QED) is 0.772. The van der Waals surface area contributed by atoms with E-state index in [1.54, 1.807) is 6.20 Å². The second-order valence-electron chi connectivity index (χ2n) is 4.53. The first kappa shape index (κ1) is 11.9. The fourth-order valence-corrected chi connectivity index (χ4v) is 2.31. The lowest BCUT2D eigenvalue weighted by molar-refractivity contribution is 0.627. The molecule has 0 spiro atoms. The SMILES string of the molecule is CCn1nc(Cn2cc(CN)cn2)c2ccccc21. The molecule has 2 heterocycles. The monoisotopic (exact) mass is 255 g/mol. The number of aryl methyl sites for hydroxylation is 1. The van der Waals surface area contributed by atoms with Gasteiger partial charge in [0.25, 0.3) is 0 Å². The van der Waals surface area contributed by atoms with Crippen LogP contribution in [-0.2, 0) is 19.6 Å². The lowest BCUT2D eigenvalue weighted by Crippen LogP contribution is -2.03. The molecule has 2 aromatic heterocycles. The minimum absolute atomic E-state index is 0.518. The van der Waals surface area contributed by atoms with Crippen molar-refractivity contribution in [3.63, 3.8) is 0 Å². The van der Waals surface area contributed by atoms with Crippen LogP contribution in [0.15, 0.2) is 36.7 Å². The largest absolute Gasteiger partial charge is 0.326 e. The van der Waals surface area contributed by atoms with Crippen LogP contribution in [0.1, 0.15) is 18.2 Å². The smallest absolute Gasteiger partial charge is 0.0918 e. The number of fused-ring (bicyclic) bond motifs is 1. The number of para-hydroxylation sites is 1. The third-order valence-corrected chi connectivity index (χ3v) is 3.27. The van der Waals surface area contributed by atoms with Crippen LogP contribution in [0.3, 0.4) is 0 Å². The van der Waals surface area contributed by atoms with Crippen LogP contribution < -0.4 is 5.73 Å². The van der Waals surface area contributed by atoms with E-state index < -0.39 is 0 Å². The molecular formula is C14H17N5. The van der Waals surface area contributed by atoms with Crippen LogP contribution in [0, 0.1) is 0 Å². The first-order valence-corrected chi connectivity index (χ1v) is 6.47. The van der Waals surface area contributed by atoms with Crippen LogP contribution >= 0.6 is 0 Å². The molecule has 0 amide bonds. The molecule has 0 atom stereocenters. The van der Waals surface area contributed by atoms with Gasteiger partial charge in [0.15, 0.2) is 0 Å². The predicted octanol–water partition coefficient (Wildman–Crippen LogP) is 1.76. The standard InChI is InChI=1S/C14H17N5/c1-2-19-14-6-4-3-5-12(14)13(17-19)10-18-9-11(7-15)8-16-18/h3-6,8-9H,2,7,10,15H2,1H3. The second kappa shape index (κ2) is 4.85. The summed E-state index contributed by atoms with van der Waals surface area (Å²) in [5.74, 6) is 0. The Morgan fingerprint density at radius 3 is 2.84 bits per heavy atom. The summed E-state index contributed by atoms with van der Waals surface area (Å²) in [6.07, 6.45) is 3.78. The van der Waals surface area contributed by atoms with Gasteiger partial charge < -0.3 is 5.73 Å². The third kappa shape index (κ3) is 2.13. The summed E-state index contributed by atoms with van der Waals surface area (Å²) in [6, 6.07) is 8.29. The van der Waals surface area contributed by atoms with E-state index in [4.69, 9.17) is 5.73 Å². The molecule has 98 valence electrons. The van der Waals surface area contributed by atoms with E-state index in [9.17, 15) is 0 Å². The van der Waals surface area contributed by atoms with Crippen molar-refractivity contribution in [2.24, 2.45) is 5.73 Å². The molecule has 2 N–H and O–H groups in total. The number of benzene rings is 1. The van der Waals surface area contributed by atoms with Crippen LogP contribution in [0.2, 0.25) is 0 Å². The zero-order valence-corrected chi connectivity index (χ0v) is 11.0. The lowest BCUT2D eigenvalue weighted by atomic mass is 10.2. The van der Waals surface area contributed by atoms with Gasteiger partial charge in [-0.25, -0.2) is 0 Å². The molecular weight excluding hydrogens is 238 g/mol. The lowest BCUT2D eigenvalue weighted by Gasteiger charge is -1.98. The molecule has 3 aromatic rings. The van der Waals surface area contributed by atoms with Crippen LogP contribution in [0.4, 0.5) is 0 Å². The molecule has 0 fully saturated rings. The molecule has 0 aliphatic rings. The van der Waals surface area contributed by atoms with E-state index in [1.165, 1.54) is 10.9 Å². The van der Waals surface area contributed by atoms with Crippen molar-refractivity contribution in [3.05, 3.63) is 47.9 Å². The minimum atomic E-state index is 0.518. The summed E-state index contributed by atoms with van der Waals surface area (Å²) in [4.78, 5) is 0. The van der Waals surface area contributed by atoms with Gasteiger partial charge in [-0.05, 0) is 13.0 Å². The second-order valence-corrected chi connectivity index (χ2v) is 4.53. The number of rotatable bonds is 4. The summed E-state index contributed by atoms with van der Waals surface area (Å²) in [7, 11) is 0. The first-order valence-electron chi connectivity index (χ1n) is 6.47. The zero-order valence-electron chi connectivity index (χ0n) is 11.0. The molecule has 1 aromatic carbocycles. The molecule has 0 saturated carbocycles. The van der Waals surface area contributed by atoms with Gasteiger partial charge in [-0.15, -0.1) is 0 Å². The van der Waals surface area contributed by atoms with Crippen molar-refractivity contribution in [2.45, 2.75) is 26.6 Å². The van der Waals surface area contributed by atoms with Gasteiger partial charge in [0.05, 0.1) is 24.0 Å². The summed E-state index contributed by atoms with van der Waals surface area (Å²) < 4.78 is 3.91. The Labute approximate surface area is 111 Å². The van der Waals surface area contributed by atoms with Gasteiger partial charge in [-0.3, -0.25) is 9.36 Å². The number of hydrogen-bond acceptors (Lipinski definition) is 3. The van der Waals surface area contributed by atoms with Crippen molar-refractivity contribution in [1.29, 1.82) is 0 Å². The van der Waals surface area contributed by atoms with Crippen LogP contribution in [-0.4, -0.2) is 19.6 Å². The van der Waals surface area contributed by atoms with Gasteiger partial charge in [0.1, 0.15) is 0 Å². The summed E-state index contributed by atoms with van der Waals surface area (Å²) in [5.41, 5.74) is 8.86. The van der Waals surface area contributed by atoms with Gasteiger partial charge in [0, 0.05) is 30.2 Å². The molecule has 0 aliphatic carbocycles. The van der Waals surface area contributed by atoms with Crippen molar-refractivity contribution < 1.29 is 0 Å². The third-order valence-electron chi connectivity index (χ3n) is 3.27. The summed E-state index contributed by atoms with van der Waals surface area (Å²) in [5, 5.41) is 10.2. The van der Waals surface area contributed by atoms with E-state index in [1.807, 2.05) is 27.7 Å². The molecule has 0 aliphatic heterocycles. The Morgan fingerprint density at radius 1 is 1.26 bits per heavy atom. The van der Waals surface area contributed by atoms with Crippen molar-refractivity contribution in [2.75, 3.05) is 0 Å². The molecule has 0 unspecified atom stereocenters. The zero-order chi connectivity index (χ0) is 13.2. The van der Waals surface area contributed by atoms with Gasteiger partial charge in [-0.2, -0.15) is 10.2 Å². The number of nitrogens with two attached hydrogens (primary N) is 1. The van der Waals surface area contributed by atoms with Gasteiger partial charge >= 0.3 is 0 Å². The average Bonchev–Trinajstić information content (AvgIpc) is 3.04. The minimum Gasteiger partial charge on any atom is -0.326 e. The Kier molecular flexibility index (Phi) is 3.05. The van der Waals surface area contributed by atoms with E-state index in [-0.39, 0.29) is 0 Å². The maximum Gasteiger partial charge on any atom is 0.0918 e. The summed E-state index contributed by atoms with van der Waals surface area (Å²) in [6.45, 7) is 4.16. The Morgan fingerprint density at radius 2 is 2.11 bits per heavy atom. The number of hydrogen-bond donors (Lipinski definition) is 1.